The van der Waals surface area contributed by atoms with Crippen molar-refractivity contribution in [3.8, 4) is 11.1 Å². The molecule has 0 unspecified atom stereocenters. The van der Waals surface area contributed by atoms with Crippen molar-refractivity contribution in [1.29, 1.82) is 0 Å². The summed E-state index contributed by atoms with van der Waals surface area (Å²) in [4.78, 5) is 24.5. The summed E-state index contributed by atoms with van der Waals surface area (Å²) in [5.74, 6) is -1.99. The van der Waals surface area contributed by atoms with Crippen LogP contribution in [0.25, 0.3) is 11.1 Å². The summed E-state index contributed by atoms with van der Waals surface area (Å²) in [5.41, 5.74) is 1.37. The number of rotatable bonds is 10. The second kappa shape index (κ2) is 10.8. The predicted molar refractivity (Wildman–Crippen MR) is 127 cm³/mol. The molecule has 0 aliphatic carbocycles. The Balaban J connectivity index is 1.83. The molecule has 34 heavy (non-hydrogen) atoms. The average Bonchev–Trinajstić information content (AvgIpc) is 3.30. The lowest BCUT2D eigenvalue weighted by Gasteiger charge is -2.28. The number of aromatic nitrogens is 2. The normalized spacial score (nSPS) is 13.8. The molecule has 0 aliphatic rings. The van der Waals surface area contributed by atoms with Gasteiger partial charge >= 0.3 is 5.97 Å². The number of nitrogens with zero attached hydrogens (tertiary/aromatic N) is 1. The molecule has 0 spiro atoms. The first-order valence-corrected chi connectivity index (χ1v) is 11.3. The Labute approximate surface area is 202 Å². The lowest BCUT2D eigenvalue weighted by Crippen LogP contribution is -2.44. The number of H-pyrrole nitrogens is 1. The Kier molecular flexibility index (Phi) is 8.06. The van der Waals surface area contributed by atoms with E-state index in [1.807, 2.05) is 6.92 Å². The highest BCUT2D eigenvalue weighted by Crippen LogP contribution is 2.28. The summed E-state index contributed by atoms with van der Waals surface area (Å²) in [6.45, 7) is 2.78. The minimum atomic E-state index is -1.44. The minimum Gasteiger partial charge on any atom is -0.481 e. The summed E-state index contributed by atoms with van der Waals surface area (Å²) in [5, 5.41) is 29.4. The summed E-state index contributed by atoms with van der Waals surface area (Å²) < 4.78 is 14.2. The quantitative estimate of drug-likeness (QED) is 0.341. The van der Waals surface area contributed by atoms with E-state index >= 15 is 0 Å². The highest BCUT2D eigenvalue weighted by atomic mass is 35.5. The number of carboxylic acids is 1. The van der Waals surface area contributed by atoms with E-state index in [2.05, 4.69) is 15.5 Å². The van der Waals surface area contributed by atoms with Crippen molar-refractivity contribution >= 4 is 23.5 Å². The third-order valence-corrected chi connectivity index (χ3v) is 6.05. The number of carbonyl (C=O) groups excluding carboxylic acids is 1. The van der Waals surface area contributed by atoms with E-state index in [9.17, 15) is 24.2 Å². The molecule has 9 heteroatoms. The largest absolute Gasteiger partial charge is 0.481 e. The Morgan fingerprint density at radius 2 is 1.91 bits per heavy atom. The zero-order valence-corrected chi connectivity index (χ0v) is 19.7. The molecule has 3 rings (SSSR count). The van der Waals surface area contributed by atoms with Crippen LogP contribution in [0.15, 0.2) is 48.5 Å². The van der Waals surface area contributed by atoms with Gasteiger partial charge in [-0.25, -0.2) is 4.39 Å². The number of nitrogens with one attached hydrogen (secondary N) is 2. The van der Waals surface area contributed by atoms with Gasteiger partial charge in [0.1, 0.15) is 11.5 Å². The van der Waals surface area contributed by atoms with Crippen LogP contribution >= 0.6 is 11.6 Å². The van der Waals surface area contributed by atoms with E-state index in [4.69, 9.17) is 11.6 Å². The molecule has 4 N–H and O–H groups in total. The van der Waals surface area contributed by atoms with Gasteiger partial charge in [-0.1, -0.05) is 42.8 Å². The standard InChI is InChI=1S/C25H27ClFN3O4/c1-3-18-12-22(30-29-18)23(32)28-19(13-25(2,14-31)24(33)34)10-15-4-6-16(7-5-15)20-11-17(26)8-9-21(20)27/h4-9,11-12,19,31H,3,10,13-14H2,1-2H3,(H,28,32)(H,29,30)(H,33,34)/t19-,25+/m1/s1. The molecule has 1 amide bonds. The molecule has 1 aromatic heterocycles. The van der Waals surface area contributed by atoms with Crippen molar-refractivity contribution in [3.05, 3.63) is 76.3 Å². The maximum Gasteiger partial charge on any atom is 0.311 e. The maximum atomic E-state index is 14.2. The number of hydrogen-bond donors (Lipinski definition) is 4. The van der Waals surface area contributed by atoms with Crippen LogP contribution in [-0.4, -0.2) is 44.9 Å². The van der Waals surface area contributed by atoms with Gasteiger partial charge in [-0.3, -0.25) is 14.7 Å². The van der Waals surface area contributed by atoms with Crippen LogP contribution in [0.3, 0.4) is 0 Å². The lowest BCUT2D eigenvalue weighted by molar-refractivity contribution is -0.151. The molecular formula is C25H27ClFN3O4. The van der Waals surface area contributed by atoms with Crippen molar-refractivity contribution in [2.24, 2.45) is 5.41 Å². The number of amides is 1. The fourth-order valence-electron chi connectivity index (χ4n) is 3.68. The van der Waals surface area contributed by atoms with E-state index in [1.54, 1.807) is 36.4 Å². The van der Waals surface area contributed by atoms with Crippen LogP contribution < -0.4 is 5.32 Å². The molecule has 0 aliphatic heterocycles. The van der Waals surface area contributed by atoms with E-state index in [1.165, 1.54) is 19.1 Å². The molecule has 1 heterocycles. The first-order chi connectivity index (χ1) is 16.1. The first-order valence-electron chi connectivity index (χ1n) is 10.9. The third-order valence-electron chi connectivity index (χ3n) is 5.82. The van der Waals surface area contributed by atoms with Gasteiger partial charge < -0.3 is 15.5 Å². The third kappa shape index (κ3) is 6.01. The van der Waals surface area contributed by atoms with Crippen molar-refractivity contribution in [1.82, 2.24) is 15.5 Å². The molecule has 7 nitrogen and oxygen atoms in total. The highest BCUT2D eigenvalue weighted by Gasteiger charge is 2.36. The number of aliphatic hydroxyl groups excluding tert-OH is 1. The van der Waals surface area contributed by atoms with Gasteiger partial charge in [0.15, 0.2) is 0 Å². The molecular weight excluding hydrogens is 461 g/mol. The van der Waals surface area contributed by atoms with Crippen LogP contribution in [0, 0.1) is 11.2 Å². The van der Waals surface area contributed by atoms with Crippen molar-refractivity contribution in [3.63, 3.8) is 0 Å². The smallest absolute Gasteiger partial charge is 0.311 e. The van der Waals surface area contributed by atoms with Crippen LogP contribution in [0.2, 0.25) is 5.02 Å². The van der Waals surface area contributed by atoms with E-state index in [0.29, 0.717) is 29.0 Å². The van der Waals surface area contributed by atoms with Gasteiger partial charge in [-0.2, -0.15) is 5.10 Å². The number of aromatic amines is 1. The minimum absolute atomic E-state index is 0.000301. The predicted octanol–water partition coefficient (Wildman–Crippen LogP) is 4.25. The van der Waals surface area contributed by atoms with E-state index < -0.39 is 35.8 Å². The zero-order chi connectivity index (χ0) is 24.9. The summed E-state index contributed by atoms with van der Waals surface area (Å²) in [6, 6.07) is 12.4. The van der Waals surface area contributed by atoms with Crippen LogP contribution in [-0.2, 0) is 17.6 Å². The van der Waals surface area contributed by atoms with Gasteiger partial charge in [-0.05, 0) is 61.6 Å². The van der Waals surface area contributed by atoms with Crippen LogP contribution in [0.5, 0.6) is 0 Å². The number of hydrogen-bond acceptors (Lipinski definition) is 4. The first kappa shape index (κ1) is 25.4. The highest BCUT2D eigenvalue weighted by molar-refractivity contribution is 6.30. The van der Waals surface area contributed by atoms with E-state index in [-0.39, 0.29) is 12.1 Å². The van der Waals surface area contributed by atoms with Gasteiger partial charge in [0.25, 0.3) is 5.91 Å². The van der Waals surface area contributed by atoms with Crippen molar-refractivity contribution in [2.75, 3.05) is 6.61 Å². The Morgan fingerprint density at radius 3 is 2.50 bits per heavy atom. The zero-order valence-electron chi connectivity index (χ0n) is 18.9. The van der Waals surface area contributed by atoms with Gasteiger partial charge in [-0.15, -0.1) is 0 Å². The second-order valence-corrected chi connectivity index (χ2v) is 8.99. The van der Waals surface area contributed by atoms with Gasteiger partial charge in [0.2, 0.25) is 0 Å². The molecule has 0 saturated carbocycles. The maximum absolute atomic E-state index is 14.2. The van der Waals surface area contributed by atoms with Crippen LogP contribution in [0.1, 0.15) is 42.0 Å². The van der Waals surface area contributed by atoms with Crippen LogP contribution in [0.4, 0.5) is 4.39 Å². The molecule has 3 aromatic rings. The van der Waals surface area contributed by atoms with Crippen molar-refractivity contribution < 1.29 is 24.2 Å². The summed E-state index contributed by atoms with van der Waals surface area (Å²) >= 11 is 5.99. The average molecular weight is 488 g/mol. The number of aryl methyl sites for hydroxylation is 1. The Bertz CT molecular complexity index is 1170. The lowest BCUT2D eigenvalue weighted by atomic mass is 9.82. The van der Waals surface area contributed by atoms with Crippen molar-refractivity contribution in [2.45, 2.75) is 39.2 Å². The van der Waals surface area contributed by atoms with Gasteiger partial charge in [0, 0.05) is 22.3 Å². The molecule has 0 saturated heterocycles. The molecule has 2 atom stereocenters. The number of halogens is 2. The molecule has 0 bridgehead atoms. The topological polar surface area (TPSA) is 115 Å². The number of aliphatic hydroxyl groups is 1. The molecule has 2 aromatic carbocycles. The van der Waals surface area contributed by atoms with Gasteiger partial charge in [0.05, 0.1) is 12.0 Å². The Morgan fingerprint density at radius 1 is 1.21 bits per heavy atom. The fraction of sp³-hybridized carbons (Fsp3) is 0.320. The Hall–Kier alpha value is -3.23. The monoisotopic (exact) mass is 487 g/mol. The van der Waals surface area contributed by atoms with E-state index in [0.717, 1.165) is 11.3 Å². The number of carboxylic acid groups (broad SMARTS) is 1. The number of aliphatic carboxylic acids is 1. The molecule has 0 radical (unpaired) electrons. The number of carbonyl (C=O) groups is 2. The SMILES string of the molecule is CCc1cc(C(=O)N[C@H](Cc2ccc(-c3cc(Cl)ccc3F)cc2)C[C@@](C)(CO)C(=O)O)n[nH]1. The fourth-order valence-corrected chi connectivity index (χ4v) is 3.85. The second-order valence-electron chi connectivity index (χ2n) is 8.56. The molecule has 0 fully saturated rings. The summed E-state index contributed by atoms with van der Waals surface area (Å²) in [6.07, 6.45) is 0.989. The molecule has 180 valence electrons. The summed E-state index contributed by atoms with van der Waals surface area (Å²) in [7, 11) is 0. The number of benzene rings is 2.